The van der Waals surface area contributed by atoms with Gasteiger partial charge in [0, 0.05) is 11.6 Å². The molecule has 0 amide bonds. The summed E-state index contributed by atoms with van der Waals surface area (Å²) in [6.45, 7) is 1.90. The second-order valence-corrected chi connectivity index (χ2v) is 3.22. The van der Waals surface area contributed by atoms with E-state index in [-0.39, 0.29) is 0 Å². The fraction of sp³-hybridized carbons (Fsp3) is 0.400. The summed E-state index contributed by atoms with van der Waals surface area (Å²) in [7, 11) is 0. The van der Waals surface area contributed by atoms with E-state index in [1.807, 2.05) is 24.3 Å². The molecule has 0 bridgehead atoms. The van der Waals surface area contributed by atoms with Crippen LogP contribution in [0.15, 0.2) is 24.3 Å². The Labute approximate surface area is 77.5 Å². The van der Waals surface area contributed by atoms with Gasteiger partial charge in [0.15, 0.2) is 0 Å². The van der Waals surface area contributed by atoms with Crippen molar-refractivity contribution in [1.82, 2.24) is 0 Å². The van der Waals surface area contributed by atoms with Crippen LogP contribution in [0.25, 0.3) is 0 Å². The lowest BCUT2D eigenvalue weighted by Gasteiger charge is -2.22. The molecule has 70 valence electrons. The Morgan fingerprint density at radius 3 is 2.31 bits per heavy atom. The van der Waals surface area contributed by atoms with Crippen LogP contribution in [-0.4, -0.2) is 20.0 Å². The molecule has 1 aliphatic heterocycles. The Morgan fingerprint density at radius 2 is 1.69 bits per heavy atom. The average Bonchev–Trinajstić information content (AvgIpc) is 2.20. The van der Waals surface area contributed by atoms with Gasteiger partial charge in [-0.05, 0) is 17.7 Å². The molecule has 1 heterocycles. The third kappa shape index (κ3) is 1.99. The van der Waals surface area contributed by atoms with Crippen LogP contribution in [0.3, 0.4) is 0 Å². The van der Waals surface area contributed by atoms with E-state index >= 15 is 0 Å². The van der Waals surface area contributed by atoms with E-state index in [0.717, 1.165) is 18.9 Å². The van der Waals surface area contributed by atoms with Crippen LogP contribution in [0, 0.1) is 0 Å². The van der Waals surface area contributed by atoms with Crippen LogP contribution in [0.2, 0.25) is 0 Å². The maximum atomic E-state index is 5.59. The maximum Gasteiger partial charge on any atom is 0.146 e. The highest BCUT2D eigenvalue weighted by Crippen LogP contribution is 2.20. The molecular formula is C10H13NO2. The molecule has 13 heavy (non-hydrogen) atoms. The zero-order chi connectivity index (χ0) is 9.10. The van der Waals surface area contributed by atoms with Crippen molar-refractivity contribution in [2.24, 2.45) is 0 Å². The van der Waals surface area contributed by atoms with Gasteiger partial charge in [-0.3, -0.25) is 0 Å². The minimum Gasteiger partial charge on any atom is -0.399 e. The van der Waals surface area contributed by atoms with Gasteiger partial charge in [0.05, 0.1) is 13.2 Å². The van der Waals surface area contributed by atoms with Gasteiger partial charge in [-0.2, -0.15) is 0 Å². The summed E-state index contributed by atoms with van der Waals surface area (Å²) in [5.74, 6) is 0.356. The normalized spacial score (nSPS) is 18.8. The molecule has 2 N–H and O–H groups in total. The Hall–Kier alpha value is -1.06. The third-order valence-corrected chi connectivity index (χ3v) is 2.21. The number of nitrogen functional groups attached to an aromatic ring is 1. The second kappa shape index (κ2) is 3.77. The average molecular weight is 179 g/mol. The lowest BCUT2D eigenvalue weighted by Crippen LogP contribution is -2.22. The van der Waals surface area contributed by atoms with Crippen molar-refractivity contribution in [3.63, 3.8) is 0 Å². The summed E-state index contributed by atoms with van der Waals surface area (Å²) in [4.78, 5) is 0. The molecular weight excluding hydrogens is 166 g/mol. The molecule has 0 radical (unpaired) electrons. The summed E-state index contributed by atoms with van der Waals surface area (Å²) in [6.07, 6.45) is 0. The van der Waals surface area contributed by atoms with Gasteiger partial charge in [0.25, 0.3) is 0 Å². The Kier molecular flexibility index (Phi) is 2.47. The highest BCUT2D eigenvalue weighted by Gasteiger charge is 2.15. The molecule has 3 nitrogen and oxygen atoms in total. The van der Waals surface area contributed by atoms with Crippen molar-refractivity contribution in [3.05, 3.63) is 29.8 Å². The molecule has 1 fully saturated rings. The quantitative estimate of drug-likeness (QED) is 0.662. The van der Waals surface area contributed by atoms with E-state index in [9.17, 15) is 0 Å². The number of hydrogen-bond acceptors (Lipinski definition) is 3. The SMILES string of the molecule is Nc1ccc(C2COCOC2)cc1. The van der Waals surface area contributed by atoms with Gasteiger partial charge in [-0.1, -0.05) is 12.1 Å². The first-order valence-corrected chi connectivity index (χ1v) is 4.37. The molecule has 0 aliphatic carbocycles. The number of ether oxygens (including phenoxy) is 2. The van der Waals surface area contributed by atoms with E-state index in [2.05, 4.69) is 0 Å². The third-order valence-electron chi connectivity index (χ3n) is 2.21. The molecule has 1 saturated heterocycles. The van der Waals surface area contributed by atoms with Gasteiger partial charge < -0.3 is 15.2 Å². The van der Waals surface area contributed by atoms with E-state index in [0.29, 0.717) is 12.7 Å². The second-order valence-electron chi connectivity index (χ2n) is 3.22. The van der Waals surface area contributed by atoms with Crippen molar-refractivity contribution in [2.45, 2.75) is 5.92 Å². The molecule has 0 atom stereocenters. The maximum absolute atomic E-state index is 5.59. The lowest BCUT2D eigenvalue weighted by atomic mass is 10.0. The smallest absolute Gasteiger partial charge is 0.146 e. The Bertz CT molecular complexity index is 265. The molecule has 1 aromatic rings. The van der Waals surface area contributed by atoms with Crippen molar-refractivity contribution in [1.29, 1.82) is 0 Å². The van der Waals surface area contributed by atoms with Crippen molar-refractivity contribution < 1.29 is 9.47 Å². The van der Waals surface area contributed by atoms with E-state index in [1.165, 1.54) is 5.56 Å². The Balaban J connectivity index is 2.10. The largest absolute Gasteiger partial charge is 0.399 e. The molecule has 3 heteroatoms. The molecule has 2 rings (SSSR count). The summed E-state index contributed by atoms with van der Waals surface area (Å²) < 4.78 is 10.4. The first-order chi connectivity index (χ1) is 6.36. The standard InChI is InChI=1S/C10H13NO2/c11-10-3-1-8(2-4-10)9-5-12-7-13-6-9/h1-4,9H,5-7,11H2. The highest BCUT2D eigenvalue weighted by atomic mass is 16.7. The van der Waals surface area contributed by atoms with Gasteiger partial charge in [0.1, 0.15) is 6.79 Å². The van der Waals surface area contributed by atoms with Crippen molar-refractivity contribution in [2.75, 3.05) is 25.7 Å². The summed E-state index contributed by atoms with van der Waals surface area (Å²) >= 11 is 0. The minimum atomic E-state index is 0.356. The molecule has 1 aliphatic rings. The topological polar surface area (TPSA) is 44.5 Å². The van der Waals surface area contributed by atoms with Crippen LogP contribution >= 0.6 is 0 Å². The summed E-state index contributed by atoms with van der Waals surface area (Å²) in [6, 6.07) is 7.87. The summed E-state index contributed by atoms with van der Waals surface area (Å²) in [5, 5.41) is 0. The zero-order valence-electron chi connectivity index (χ0n) is 7.40. The molecule has 1 aromatic carbocycles. The van der Waals surface area contributed by atoms with Crippen molar-refractivity contribution >= 4 is 5.69 Å². The van der Waals surface area contributed by atoms with E-state index < -0.39 is 0 Å². The van der Waals surface area contributed by atoms with Crippen molar-refractivity contribution in [3.8, 4) is 0 Å². The fourth-order valence-electron chi connectivity index (χ4n) is 1.45. The predicted molar refractivity (Wildman–Crippen MR) is 50.4 cm³/mol. The van der Waals surface area contributed by atoms with E-state index in [4.69, 9.17) is 15.2 Å². The van der Waals surface area contributed by atoms with Gasteiger partial charge in [-0.15, -0.1) is 0 Å². The monoisotopic (exact) mass is 179 g/mol. The van der Waals surface area contributed by atoms with E-state index in [1.54, 1.807) is 0 Å². The predicted octanol–water partition coefficient (Wildman–Crippen LogP) is 1.36. The first-order valence-electron chi connectivity index (χ1n) is 4.37. The number of benzene rings is 1. The van der Waals surface area contributed by atoms with Crippen LogP contribution in [0.4, 0.5) is 5.69 Å². The lowest BCUT2D eigenvalue weighted by molar-refractivity contribution is -0.108. The van der Waals surface area contributed by atoms with Crippen LogP contribution in [0.5, 0.6) is 0 Å². The van der Waals surface area contributed by atoms with Crippen LogP contribution in [-0.2, 0) is 9.47 Å². The Morgan fingerprint density at radius 1 is 1.08 bits per heavy atom. The highest BCUT2D eigenvalue weighted by molar-refractivity contribution is 5.40. The summed E-state index contributed by atoms with van der Waals surface area (Å²) in [5.41, 5.74) is 7.62. The molecule has 0 saturated carbocycles. The van der Waals surface area contributed by atoms with Crippen LogP contribution in [0.1, 0.15) is 11.5 Å². The van der Waals surface area contributed by atoms with Gasteiger partial charge in [0.2, 0.25) is 0 Å². The zero-order valence-corrected chi connectivity index (χ0v) is 7.40. The number of rotatable bonds is 1. The van der Waals surface area contributed by atoms with Crippen LogP contribution < -0.4 is 5.73 Å². The number of nitrogens with two attached hydrogens (primary N) is 1. The first kappa shape index (κ1) is 8.53. The van der Waals surface area contributed by atoms with Gasteiger partial charge >= 0.3 is 0 Å². The number of hydrogen-bond donors (Lipinski definition) is 1. The molecule has 0 unspecified atom stereocenters. The van der Waals surface area contributed by atoms with Gasteiger partial charge in [-0.25, -0.2) is 0 Å². The molecule has 0 aromatic heterocycles. The minimum absolute atomic E-state index is 0.356. The fourth-order valence-corrected chi connectivity index (χ4v) is 1.45. The molecule has 0 spiro atoms. The number of anilines is 1.